The summed E-state index contributed by atoms with van der Waals surface area (Å²) < 4.78 is 2.23. The molecule has 4 nitrogen and oxygen atoms in total. The zero-order valence-electron chi connectivity index (χ0n) is 18.3. The average Bonchev–Trinajstić information content (AvgIpc) is 3.35. The normalized spacial score (nSPS) is 16.9. The Balaban J connectivity index is 1.69. The molecule has 0 radical (unpaired) electrons. The van der Waals surface area contributed by atoms with Crippen LogP contribution in [0.5, 0.6) is 0 Å². The lowest BCUT2D eigenvalue weighted by Crippen LogP contribution is -2.38. The summed E-state index contributed by atoms with van der Waals surface area (Å²) in [6.45, 7) is 4.33. The van der Waals surface area contributed by atoms with Crippen LogP contribution in [0.2, 0.25) is 5.02 Å². The van der Waals surface area contributed by atoms with Crippen molar-refractivity contribution in [1.29, 1.82) is 0 Å². The van der Waals surface area contributed by atoms with Gasteiger partial charge in [-0.3, -0.25) is 4.79 Å². The van der Waals surface area contributed by atoms with Crippen molar-refractivity contribution < 1.29 is 4.79 Å². The molecule has 162 valence electrons. The third-order valence-electron chi connectivity index (χ3n) is 6.34. The molecule has 31 heavy (non-hydrogen) atoms. The molecule has 1 unspecified atom stereocenters. The molecule has 0 aliphatic carbocycles. The van der Waals surface area contributed by atoms with E-state index in [1.807, 2.05) is 30.6 Å². The predicted octanol–water partition coefficient (Wildman–Crippen LogP) is 6.17. The minimum atomic E-state index is -0.477. The van der Waals surface area contributed by atoms with Crippen LogP contribution < -0.4 is 5.32 Å². The number of aromatic nitrogens is 2. The Hall–Kier alpha value is -2.59. The highest BCUT2D eigenvalue weighted by atomic mass is 35.5. The molecule has 1 N–H and O–H groups in total. The first kappa shape index (κ1) is 21.6. The second-order valence-electron chi connectivity index (χ2n) is 8.38. The maximum absolute atomic E-state index is 13.0. The van der Waals surface area contributed by atoms with E-state index < -0.39 is 5.54 Å². The molecule has 1 amide bonds. The lowest BCUT2D eigenvalue weighted by molar-refractivity contribution is -0.122. The summed E-state index contributed by atoms with van der Waals surface area (Å²) in [5.41, 5.74) is 2.95. The van der Waals surface area contributed by atoms with Crippen molar-refractivity contribution in [3.05, 3.63) is 77.1 Å². The van der Waals surface area contributed by atoms with E-state index in [-0.39, 0.29) is 11.9 Å². The molecule has 0 saturated carbocycles. The molecule has 2 heterocycles. The molecule has 1 aliphatic rings. The van der Waals surface area contributed by atoms with Gasteiger partial charge < -0.3 is 9.88 Å². The van der Waals surface area contributed by atoms with E-state index in [0.29, 0.717) is 17.9 Å². The summed E-state index contributed by atoms with van der Waals surface area (Å²) in [4.78, 5) is 17.6. The molecule has 2 aromatic carbocycles. The first-order valence-electron chi connectivity index (χ1n) is 11.3. The number of rotatable bonds is 9. The molecule has 1 atom stereocenters. The highest BCUT2D eigenvalue weighted by Crippen LogP contribution is 2.49. The number of hydrogen-bond acceptors (Lipinski definition) is 2. The standard InChI is InChI=1S/C26H30ClN3O/c1-3-7-21(8-4-2)29-24(31)15-16-26(19-11-13-20(27)14-12-19)23-10-6-5-9-22(23)25-28-17-18-30(25)26/h5-6,9-14,17-18,21H,3-4,7-8,15-16H2,1-2H3,(H,29,31). The molecular weight excluding hydrogens is 406 g/mol. The average molecular weight is 436 g/mol. The Morgan fingerprint density at radius 3 is 2.52 bits per heavy atom. The van der Waals surface area contributed by atoms with Gasteiger partial charge in [-0.05, 0) is 42.5 Å². The largest absolute Gasteiger partial charge is 0.353 e. The molecular formula is C26H30ClN3O. The highest BCUT2D eigenvalue weighted by Gasteiger charge is 2.44. The van der Waals surface area contributed by atoms with Crippen LogP contribution in [0.25, 0.3) is 11.4 Å². The summed E-state index contributed by atoms with van der Waals surface area (Å²) >= 11 is 6.20. The molecule has 4 rings (SSSR count). The van der Waals surface area contributed by atoms with Gasteiger partial charge in [0.15, 0.2) is 0 Å². The second kappa shape index (κ2) is 9.27. The number of benzene rings is 2. The number of nitrogens with one attached hydrogen (secondary N) is 1. The van der Waals surface area contributed by atoms with Gasteiger partial charge in [-0.2, -0.15) is 0 Å². The van der Waals surface area contributed by atoms with Crippen LogP contribution in [0, 0.1) is 0 Å². The number of hydrogen-bond donors (Lipinski definition) is 1. The van der Waals surface area contributed by atoms with Gasteiger partial charge in [-0.1, -0.05) is 74.7 Å². The van der Waals surface area contributed by atoms with E-state index in [4.69, 9.17) is 11.6 Å². The SMILES string of the molecule is CCCC(CCC)NC(=O)CCC1(c2ccc(Cl)cc2)c2ccccc2-c2nccn21. The lowest BCUT2D eigenvalue weighted by Gasteiger charge is -2.34. The quantitative estimate of drug-likeness (QED) is 0.436. The number of amides is 1. The molecule has 0 spiro atoms. The van der Waals surface area contributed by atoms with Crippen molar-refractivity contribution in [2.24, 2.45) is 0 Å². The summed E-state index contributed by atoms with van der Waals surface area (Å²) in [6, 6.07) is 16.6. The number of halogens is 1. The maximum atomic E-state index is 13.0. The number of fused-ring (bicyclic) bond motifs is 3. The molecule has 1 aromatic heterocycles. The zero-order valence-corrected chi connectivity index (χ0v) is 19.0. The third kappa shape index (κ3) is 4.01. The summed E-state index contributed by atoms with van der Waals surface area (Å²) in [6.07, 6.45) is 9.17. The maximum Gasteiger partial charge on any atom is 0.220 e. The van der Waals surface area contributed by atoms with Gasteiger partial charge in [0.25, 0.3) is 0 Å². The fraction of sp³-hybridized carbons (Fsp3) is 0.385. The van der Waals surface area contributed by atoms with Crippen LogP contribution in [-0.2, 0) is 10.3 Å². The Labute approximate surface area is 189 Å². The van der Waals surface area contributed by atoms with E-state index in [2.05, 4.69) is 59.0 Å². The van der Waals surface area contributed by atoms with Crippen LogP contribution in [0.15, 0.2) is 60.9 Å². The van der Waals surface area contributed by atoms with Crippen molar-refractivity contribution in [3.63, 3.8) is 0 Å². The molecule has 0 saturated heterocycles. The fourth-order valence-electron chi connectivity index (χ4n) is 4.98. The van der Waals surface area contributed by atoms with E-state index in [1.165, 1.54) is 5.56 Å². The van der Waals surface area contributed by atoms with E-state index >= 15 is 0 Å². The number of nitrogens with zero attached hydrogens (tertiary/aromatic N) is 2. The van der Waals surface area contributed by atoms with E-state index in [1.54, 1.807) is 0 Å². The van der Waals surface area contributed by atoms with Crippen molar-refractivity contribution in [1.82, 2.24) is 14.9 Å². The minimum absolute atomic E-state index is 0.117. The van der Waals surface area contributed by atoms with Gasteiger partial charge >= 0.3 is 0 Å². The van der Waals surface area contributed by atoms with Gasteiger partial charge in [0.05, 0.1) is 5.54 Å². The van der Waals surface area contributed by atoms with Crippen LogP contribution >= 0.6 is 11.6 Å². The first-order chi connectivity index (χ1) is 15.1. The van der Waals surface area contributed by atoms with Gasteiger partial charge in [-0.15, -0.1) is 0 Å². The van der Waals surface area contributed by atoms with Crippen molar-refractivity contribution in [2.45, 2.75) is 64.0 Å². The van der Waals surface area contributed by atoms with Crippen molar-refractivity contribution in [2.75, 3.05) is 0 Å². The molecule has 0 fully saturated rings. The molecule has 1 aliphatic heterocycles. The van der Waals surface area contributed by atoms with Crippen molar-refractivity contribution >= 4 is 17.5 Å². The smallest absolute Gasteiger partial charge is 0.220 e. The highest BCUT2D eigenvalue weighted by molar-refractivity contribution is 6.30. The fourth-order valence-corrected chi connectivity index (χ4v) is 5.10. The Bertz CT molecular complexity index is 1040. The van der Waals surface area contributed by atoms with E-state index in [9.17, 15) is 4.79 Å². The minimum Gasteiger partial charge on any atom is -0.353 e. The summed E-state index contributed by atoms with van der Waals surface area (Å²) in [5.74, 6) is 1.06. The molecule has 0 bridgehead atoms. The van der Waals surface area contributed by atoms with E-state index in [0.717, 1.165) is 42.6 Å². The third-order valence-corrected chi connectivity index (χ3v) is 6.59. The van der Waals surface area contributed by atoms with Gasteiger partial charge in [0, 0.05) is 35.4 Å². The monoisotopic (exact) mass is 435 g/mol. The zero-order chi connectivity index (χ0) is 21.8. The van der Waals surface area contributed by atoms with Crippen molar-refractivity contribution in [3.8, 4) is 11.4 Å². The Kier molecular flexibility index (Phi) is 6.47. The van der Waals surface area contributed by atoms with Gasteiger partial charge in [-0.25, -0.2) is 4.98 Å². The van der Waals surface area contributed by atoms with Crippen LogP contribution in [0.3, 0.4) is 0 Å². The lowest BCUT2D eigenvalue weighted by atomic mass is 9.79. The Morgan fingerprint density at radius 2 is 1.81 bits per heavy atom. The van der Waals surface area contributed by atoms with Crippen LogP contribution in [0.4, 0.5) is 0 Å². The molecule has 5 heteroatoms. The molecule has 3 aromatic rings. The number of carbonyl (C=O) groups excluding carboxylic acids is 1. The number of carbonyl (C=O) groups is 1. The second-order valence-corrected chi connectivity index (χ2v) is 8.81. The van der Waals surface area contributed by atoms with Crippen LogP contribution in [-0.4, -0.2) is 21.5 Å². The topological polar surface area (TPSA) is 46.9 Å². The predicted molar refractivity (Wildman–Crippen MR) is 126 cm³/mol. The van der Waals surface area contributed by atoms with Gasteiger partial charge in [0.1, 0.15) is 5.82 Å². The van der Waals surface area contributed by atoms with Crippen LogP contribution in [0.1, 0.15) is 63.5 Å². The number of imidazole rings is 1. The first-order valence-corrected chi connectivity index (χ1v) is 11.7. The van der Waals surface area contributed by atoms with Gasteiger partial charge in [0.2, 0.25) is 5.91 Å². The summed E-state index contributed by atoms with van der Waals surface area (Å²) in [5, 5.41) is 3.98. The Morgan fingerprint density at radius 1 is 1.10 bits per heavy atom. The summed E-state index contributed by atoms with van der Waals surface area (Å²) in [7, 11) is 0.